The van der Waals surface area contributed by atoms with Crippen LogP contribution in [-0.2, 0) is 6.54 Å². The minimum Gasteiger partial charge on any atom is -0.373 e. The van der Waals surface area contributed by atoms with Gasteiger partial charge in [0.05, 0.1) is 17.3 Å². The number of benzene rings is 1. The van der Waals surface area contributed by atoms with E-state index in [1.165, 1.54) is 12.1 Å². The number of aromatic nitrogens is 1. The Hall–Kier alpha value is -1.81. The first-order valence-electron chi connectivity index (χ1n) is 5.90. The molecule has 19 heavy (non-hydrogen) atoms. The van der Waals surface area contributed by atoms with Crippen LogP contribution in [0.2, 0.25) is 5.02 Å². The summed E-state index contributed by atoms with van der Waals surface area (Å²) in [7, 11) is 3.72. The van der Waals surface area contributed by atoms with Crippen LogP contribution in [-0.4, -0.2) is 19.1 Å². The first kappa shape index (κ1) is 13.6. The van der Waals surface area contributed by atoms with Gasteiger partial charge in [-0.2, -0.15) is 0 Å². The quantitative estimate of drug-likeness (QED) is 0.928. The average Bonchev–Trinajstić information content (AvgIpc) is 2.42. The number of pyridine rings is 1. The highest BCUT2D eigenvalue weighted by Gasteiger charge is 2.08. The number of halogens is 2. The molecular weight excluding hydrogens is 265 g/mol. The maximum atomic E-state index is 12.9. The smallest absolute Gasteiger partial charge is 0.126 e. The molecule has 0 atom stereocenters. The lowest BCUT2D eigenvalue weighted by Crippen LogP contribution is -2.17. The molecule has 1 N–H and O–H groups in total. The Kier molecular flexibility index (Phi) is 4.22. The van der Waals surface area contributed by atoms with Crippen molar-refractivity contribution < 1.29 is 4.39 Å². The molecule has 1 aromatic heterocycles. The molecule has 2 aromatic rings. The number of nitrogens with one attached hydrogen (secondary N) is 1. The van der Waals surface area contributed by atoms with Crippen LogP contribution in [0.3, 0.4) is 0 Å². The van der Waals surface area contributed by atoms with E-state index < -0.39 is 0 Å². The van der Waals surface area contributed by atoms with Crippen molar-refractivity contribution in [3.63, 3.8) is 0 Å². The van der Waals surface area contributed by atoms with Crippen LogP contribution in [0, 0.1) is 5.82 Å². The van der Waals surface area contributed by atoms with E-state index in [1.807, 2.05) is 31.1 Å². The van der Waals surface area contributed by atoms with Crippen molar-refractivity contribution in [3.8, 4) is 0 Å². The summed E-state index contributed by atoms with van der Waals surface area (Å²) >= 11 is 6.13. The van der Waals surface area contributed by atoms with Gasteiger partial charge < -0.3 is 10.2 Å². The Balaban J connectivity index is 2.18. The van der Waals surface area contributed by atoms with Gasteiger partial charge in [0, 0.05) is 19.8 Å². The number of anilines is 2. The van der Waals surface area contributed by atoms with Gasteiger partial charge in [-0.3, -0.25) is 0 Å². The number of nitrogens with zero attached hydrogens (tertiary/aromatic N) is 2. The maximum absolute atomic E-state index is 12.9. The first-order valence-corrected chi connectivity index (χ1v) is 6.28. The predicted molar refractivity (Wildman–Crippen MR) is 77.3 cm³/mol. The van der Waals surface area contributed by atoms with Crippen LogP contribution in [0.15, 0.2) is 36.4 Å². The molecule has 2 rings (SSSR count). The summed E-state index contributed by atoms with van der Waals surface area (Å²) in [6.07, 6.45) is 0. The second-order valence-electron chi connectivity index (χ2n) is 4.21. The summed E-state index contributed by atoms with van der Waals surface area (Å²) in [5, 5.41) is 3.60. The van der Waals surface area contributed by atoms with Crippen LogP contribution >= 0.6 is 11.6 Å². The van der Waals surface area contributed by atoms with E-state index >= 15 is 0 Å². The summed E-state index contributed by atoms with van der Waals surface area (Å²) < 4.78 is 12.9. The second-order valence-corrected chi connectivity index (χ2v) is 4.61. The number of hydrogen-bond acceptors (Lipinski definition) is 3. The van der Waals surface area contributed by atoms with E-state index in [2.05, 4.69) is 10.3 Å². The van der Waals surface area contributed by atoms with Gasteiger partial charge in [-0.1, -0.05) is 11.6 Å². The molecule has 0 radical (unpaired) electrons. The lowest BCUT2D eigenvalue weighted by molar-refractivity contribution is 0.627. The third kappa shape index (κ3) is 3.35. The molecule has 0 amide bonds. The molecule has 1 aromatic carbocycles. The van der Waals surface area contributed by atoms with E-state index in [0.29, 0.717) is 11.6 Å². The second kappa shape index (κ2) is 5.89. The number of rotatable bonds is 4. The fraction of sp³-hybridized carbons (Fsp3) is 0.214. The highest BCUT2D eigenvalue weighted by atomic mass is 35.5. The van der Waals surface area contributed by atoms with Crippen LogP contribution in [0.4, 0.5) is 15.9 Å². The molecular formula is C14H15ClFN3. The van der Waals surface area contributed by atoms with Crippen molar-refractivity contribution in [2.24, 2.45) is 0 Å². The van der Waals surface area contributed by atoms with Crippen molar-refractivity contribution in [2.75, 3.05) is 24.3 Å². The zero-order valence-electron chi connectivity index (χ0n) is 10.8. The van der Waals surface area contributed by atoms with E-state index in [0.717, 1.165) is 17.2 Å². The fourth-order valence-corrected chi connectivity index (χ4v) is 1.91. The van der Waals surface area contributed by atoms with E-state index in [9.17, 15) is 4.39 Å². The van der Waals surface area contributed by atoms with Gasteiger partial charge in [0.25, 0.3) is 0 Å². The third-order valence-electron chi connectivity index (χ3n) is 2.83. The van der Waals surface area contributed by atoms with Gasteiger partial charge in [-0.05, 0) is 36.4 Å². The molecule has 0 aliphatic rings. The predicted octanol–water partition coefficient (Wildman–Crippen LogP) is 3.55. The minimum absolute atomic E-state index is 0.245. The molecule has 100 valence electrons. The van der Waals surface area contributed by atoms with Crippen LogP contribution in [0.5, 0.6) is 0 Å². The van der Waals surface area contributed by atoms with Crippen molar-refractivity contribution >= 4 is 23.1 Å². The maximum Gasteiger partial charge on any atom is 0.126 e. The molecule has 3 nitrogen and oxygen atoms in total. The zero-order valence-corrected chi connectivity index (χ0v) is 11.6. The van der Waals surface area contributed by atoms with Crippen molar-refractivity contribution in [2.45, 2.75) is 6.54 Å². The molecule has 0 unspecified atom stereocenters. The Morgan fingerprint density at radius 1 is 1.21 bits per heavy atom. The van der Waals surface area contributed by atoms with Crippen molar-refractivity contribution in [1.29, 1.82) is 0 Å². The van der Waals surface area contributed by atoms with Gasteiger partial charge in [0.15, 0.2) is 0 Å². The molecule has 0 aliphatic carbocycles. The van der Waals surface area contributed by atoms with Crippen LogP contribution in [0.25, 0.3) is 0 Å². The lowest BCUT2D eigenvalue weighted by Gasteiger charge is -2.19. The molecule has 0 saturated heterocycles. The average molecular weight is 280 g/mol. The van der Waals surface area contributed by atoms with Crippen molar-refractivity contribution in [1.82, 2.24) is 4.98 Å². The summed E-state index contributed by atoms with van der Waals surface area (Å²) in [6, 6.07) is 9.96. The largest absolute Gasteiger partial charge is 0.373 e. The molecule has 0 spiro atoms. The molecule has 0 bridgehead atoms. The van der Waals surface area contributed by atoms with E-state index in [1.54, 1.807) is 12.1 Å². The summed E-state index contributed by atoms with van der Waals surface area (Å²) in [5.74, 6) is 0.525. The zero-order chi connectivity index (χ0) is 13.8. The molecule has 0 fully saturated rings. The van der Waals surface area contributed by atoms with Crippen LogP contribution in [0.1, 0.15) is 5.69 Å². The van der Waals surface area contributed by atoms with Gasteiger partial charge in [0.2, 0.25) is 0 Å². The Labute approximate surface area is 117 Å². The molecule has 0 aliphatic heterocycles. The monoisotopic (exact) mass is 279 g/mol. The Bertz CT molecular complexity index is 557. The van der Waals surface area contributed by atoms with Gasteiger partial charge >= 0.3 is 0 Å². The highest BCUT2D eigenvalue weighted by Crippen LogP contribution is 2.21. The number of hydrogen-bond donors (Lipinski definition) is 1. The summed E-state index contributed by atoms with van der Waals surface area (Å²) in [5.41, 5.74) is 1.69. The first-order chi connectivity index (χ1) is 9.10. The normalized spacial score (nSPS) is 10.3. The SMILES string of the molecule is CNc1ccc(Cl)c(CN(C)c2ccc(F)cc2)n1. The Morgan fingerprint density at radius 3 is 2.53 bits per heavy atom. The third-order valence-corrected chi connectivity index (χ3v) is 3.17. The van der Waals surface area contributed by atoms with Crippen molar-refractivity contribution in [3.05, 3.63) is 52.9 Å². The standard InChI is InChI=1S/C14H15ClFN3/c1-17-14-8-7-12(15)13(18-14)9-19(2)11-5-3-10(16)4-6-11/h3-8H,9H2,1-2H3,(H,17,18). The van der Waals surface area contributed by atoms with Crippen LogP contribution < -0.4 is 10.2 Å². The summed E-state index contributed by atoms with van der Waals surface area (Å²) in [4.78, 5) is 6.38. The molecule has 1 heterocycles. The van der Waals surface area contributed by atoms with E-state index in [4.69, 9.17) is 11.6 Å². The fourth-order valence-electron chi connectivity index (χ4n) is 1.75. The van der Waals surface area contributed by atoms with Gasteiger partial charge in [-0.25, -0.2) is 9.37 Å². The Morgan fingerprint density at radius 2 is 1.89 bits per heavy atom. The minimum atomic E-state index is -0.245. The lowest BCUT2D eigenvalue weighted by atomic mass is 10.2. The topological polar surface area (TPSA) is 28.2 Å². The van der Waals surface area contributed by atoms with Gasteiger partial charge in [-0.15, -0.1) is 0 Å². The van der Waals surface area contributed by atoms with Gasteiger partial charge in [0.1, 0.15) is 11.6 Å². The highest BCUT2D eigenvalue weighted by molar-refractivity contribution is 6.31. The summed E-state index contributed by atoms with van der Waals surface area (Å²) in [6.45, 7) is 0.556. The van der Waals surface area contributed by atoms with E-state index in [-0.39, 0.29) is 5.82 Å². The molecule has 0 saturated carbocycles. The molecule has 5 heteroatoms.